The molecule has 2 nitrogen and oxygen atoms in total. The average molecular weight is 279 g/mol. The van der Waals surface area contributed by atoms with Crippen LogP contribution in [0, 0.1) is 17.8 Å². The molecule has 0 saturated heterocycles. The maximum absolute atomic E-state index is 5.70. The standard InChI is InChI=1S/C19H21NO/c1-2-5-14(6-3-1)12-20-13-17-15-8-9-16(11-15)19(17)18-7-4-10-21-18/h1-10,15-17,19-20H,11-13H2. The first-order valence-electron chi connectivity index (χ1n) is 7.88. The summed E-state index contributed by atoms with van der Waals surface area (Å²) in [5.74, 6) is 3.77. The number of nitrogens with one attached hydrogen (secondary N) is 1. The van der Waals surface area contributed by atoms with Gasteiger partial charge in [0.1, 0.15) is 5.76 Å². The van der Waals surface area contributed by atoms with Crippen LogP contribution in [0.5, 0.6) is 0 Å². The molecule has 108 valence electrons. The Labute approximate surface area is 125 Å². The molecule has 0 spiro atoms. The smallest absolute Gasteiger partial charge is 0.107 e. The number of hydrogen-bond acceptors (Lipinski definition) is 2. The summed E-state index contributed by atoms with van der Waals surface area (Å²) in [5.41, 5.74) is 1.35. The molecule has 1 saturated carbocycles. The summed E-state index contributed by atoms with van der Waals surface area (Å²) in [5, 5.41) is 3.64. The van der Waals surface area contributed by atoms with E-state index in [-0.39, 0.29) is 0 Å². The zero-order chi connectivity index (χ0) is 14.1. The predicted octanol–water partition coefficient (Wildman–Crippen LogP) is 3.98. The van der Waals surface area contributed by atoms with Crippen molar-refractivity contribution in [1.29, 1.82) is 0 Å². The van der Waals surface area contributed by atoms with Gasteiger partial charge in [0.05, 0.1) is 6.26 Å². The predicted molar refractivity (Wildman–Crippen MR) is 83.8 cm³/mol. The van der Waals surface area contributed by atoms with Crippen LogP contribution < -0.4 is 5.32 Å². The third kappa shape index (κ3) is 2.44. The molecule has 2 bridgehead atoms. The highest BCUT2D eigenvalue weighted by Gasteiger charge is 2.45. The molecule has 4 unspecified atom stereocenters. The monoisotopic (exact) mass is 279 g/mol. The van der Waals surface area contributed by atoms with Crippen LogP contribution in [0.15, 0.2) is 65.3 Å². The fraction of sp³-hybridized carbons (Fsp3) is 0.368. The number of benzene rings is 1. The Kier molecular flexibility index (Phi) is 3.40. The van der Waals surface area contributed by atoms with E-state index in [1.807, 2.05) is 6.07 Å². The lowest BCUT2D eigenvalue weighted by atomic mass is 9.81. The fourth-order valence-corrected chi connectivity index (χ4v) is 4.08. The number of rotatable bonds is 5. The molecule has 2 heteroatoms. The van der Waals surface area contributed by atoms with E-state index in [9.17, 15) is 0 Å². The van der Waals surface area contributed by atoms with E-state index in [1.54, 1.807) is 6.26 Å². The van der Waals surface area contributed by atoms with E-state index >= 15 is 0 Å². The zero-order valence-electron chi connectivity index (χ0n) is 12.1. The first-order chi connectivity index (χ1) is 10.4. The molecule has 0 radical (unpaired) electrons. The van der Waals surface area contributed by atoms with Crippen LogP contribution in [-0.2, 0) is 6.54 Å². The Hall–Kier alpha value is -1.80. The van der Waals surface area contributed by atoms with Crippen LogP contribution in [0.25, 0.3) is 0 Å². The van der Waals surface area contributed by atoms with Crippen molar-refractivity contribution in [3.8, 4) is 0 Å². The lowest BCUT2D eigenvalue weighted by molar-refractivity contribution is 0.325. The van der Waals surface area contributed by atoms with Gasteiger partial charge in [-0.25, -0.2) is 0 Å². The van der Waals surface area contributed by atoms with Crippen LogP contribution >= 0.6 is 0 Å². The minimum atomic E-state index is 0.554. The topological polar surface area (TPSA) is 25.2 Å². The quantitative estimate of drug-likeness (QED) is 0.838. The number of furan rings is 1. The second kappa shape index (κ2) is 5.53. The van der Waals surface area contributed by atoms with Gasteiger partial charge in [0.2, 0.25) is 0 Å². The van der Waals surface area contributed by atoms with Crippen molar-refractivity contribution < 1.29 is 4.42 Å². The molecule has 2 aliphatic rings. The van der Waals surface area contributed by atoms with Crippen LogP contribution in [-0.4, -0.2) is 6.54 Å². The summed E-state index contributed by atoms with van der Waals surface area (Å²) in [7, 11) is 0. The Balaban J connectivity index is 1.43. The van der Waals surface area contributed by atoms with Crippen molar-refractivity contribution in [3.05, 3.63) is 72.2 Å². The van der Waals surface area contributed by atoms with E-state index in [0.29, 0.717) is 23.7 Å². The van der Waals surface area contributed by atoms with E-state index < -0.39 is 0 Å². The average Bonchev–Trinajstić information content (AvgIpc) is 3.25. The second-order valence-electron chi connectivity index (χ2n) is 6.27. The molecule has 21 heavy (non-hydrogen) atoms. The van der Waals surface area contributed by atoms with Crippen LogP contribution in [0.1, 0.15) is 23.7 Å². The van der Waals surface area contributed by atoms with Crippen molar-refractivity contribution in [2.75, 3.05) is 6.54 Å². The number of allylic oxidation sites excluding steroid dienone is 2. The maximum Gasteiger partial charge on any atom is 0.107 e. The minimum absolute atomic E-state index is 0.554. The van der Waals surface area contributed by atoms with Gasteiger partial charge in [-0.2, -0.15) is 0 Å². The Morgan fingerprint density at radius 3 is 2.67 bits per heavy atom. The van der Waals surface area contributed by atoms with Gasteiger partial charge in [-0.15, -0.1) is 0 Å². The molecular weight excluding hydrogens is 258 g/mol. The van der Waals surface area contributed by atoms with Crippen molar-refractivity contribution in [3.63, 3.8) is 0 Å². The molecule has 1 aromatic heterocycles. The van der Waals surface area contributed by atoms with E-state index in [4.69, 9.17) is 4.42 Å². The summed E-state index contributed by atoms with van der Waals surface area (Å²) in [4.78, 5) is 0. The van der Waals surface area contributed by atoms with Gasteiger partial charge >= 0.3 is 0 Å². The largest absolute Gasteiger partial charge is 0.469 e. The minimum Gasteiger partial charge on any atom is -0.469 e. The first-order valence-corrected chi connectivity index (χ1v) is 7.88. The summed E-state index contributed by atoms with van der Waals surface area (Å²) in [6.07, 6.45) is 7.91. The van der Waals surface area contributed by atoms with Gasteiger partial charge in [-0.3, -0.25) is 0 Å². The van der Waals surface area contributed by atoms with E-state index in [0.717, 1.165) is 13.1 Å². The fourth-order valence-electron chi connectivity index (χ4n) is 4.08. The second-order valence-corrected chi connectivity index (χ2v) is 6.27. The van der Waals surface area contributed by atoms with Gasteiger partial charge in [0, 0.05) is 12.5 Å². The summed E-state index contributed by atoms with van der Waals surface area (Å²) in [6, 6.07) is 14.8. The van der Waals surface area contributed by atoms with Gasteiger partial charge < -0.3 is 9.73 Å². The summed E-state index contributed by atoms with van der Waals surface area (Å²) in [6.45, 7) is 2.01. The SMILES string of the molecule is C1=CC2CC1C(CNCc1ccccc1)C2c1ccco1. The van der Waals surface area contributed by atoms with Gasteiger partial charge in [0.25, 0.3) is 0 Å². The number of hydrogen-bond donors (Lipinski definition) is 1. The summed E-state index contributed by atoms with van der Waals surface area (Å²) >= 11 is 0. The normalized spacial score (nSPS) is 30.1. The molecule has 4 atom stereocenters. The summed E-state index contributed by atoms with van der Waals surface area (Å²) < 4.78 is 5.70. The van der Waals surface area contributed by atoms with Crippen molar-refractivity contribution in [1.82, 2.24) is 5.32 Å². The Bertz CT molecular complexity index is 602. The van der Waals surface area contributed by atoms with Crippen LogP contribution in [0.2, 0.25) is 0 Å². The molecule has 1 N–H and O–H groups in total. The van der Waals surface area contributed by atoms with Crippen LogP contribution in [0.4, 0.5) is 0 Å². The maximum atomic E-state index is 5.70. The van der Waals surface area contributed by atoms with E-state index in [2.05, 4.69) is 53.9 Å². The third-order valence-corrected chi connectivity index (χ3v) is 5.05. The van der Waals surface area contributed by atoms with Crippen molar-refractivity contribution >= 4 is 0 Å². The highest BCUT2D eigenvalue weighted by Crippen LogP contribution is 2.52. The molecule has 0 aliphatic heterocycles. The van der Waals surface area contributed by atoms with Gasteiger partial charge in [-0.05, 0) is 48.4 Å². The van der Waals surface area contributed by atoms with Crippen LogP contribution in [0.3, 0.4) is 0 Å². The lowest BCUT2D eigenvalue weighted by Gasteiger charge is -2.27. The highest BCUT2D eigenvalue weighted by molar-refractivity contribution is 5.24. The Morgan fingerprint density at radius 1 is 1.00 bits per heavy atom. The molecule has 2 aromatic rings. The van der Waals surface area contributed by atoms with E-state index in [1.165, 1.54) is 17.7 Å². The molecule has 0 amide bonds. The molecule has 4 rings (SSSR count). The number of fused-ring (bicyclic) bond motifs is 2. The van der Waals surface area contributed by atoms with Gasteiger partial charge in [-0.1, -0.05) is 42.5 Å². The molecule has 1 aromatic carbocycles. The van der Waals surface area contributed by atoms with Crippen molar-refractivity contribution in [2.24, 2.45) is 17.8 Å². The Morgan fingerprint density at radius 2 is 1.86 bits per heavy atom. The highest BCUT2D eigenvalue weighted by atomic mass is 16.3. The van der Waals surface area contributed by atoms with Gasteiger partial charge in [0.15, 0.2) is 0 Å². The molecule has 2 aliphatic carbocycles. The molecule has 1 heterocycles. The molecular formula is C19H21NO. The van der Waals surface area contributed by atoms with Crippen molar-refractivity contribution in [2.45, 2.75) is 18.9 Å². The first kappa shape index (κ1) is 12.9. The third-order valence-electron chi connectivity index (χ3n) is 5.05. The zero-order valence-corrected chi connectivity index (χ0v) is 12.1. The molecule has 1 fully saturated rings. The lowest BCUT2D eigenvalue weighted by Crippen LogP contribution is -2.29.